The lowest BCUT2D eigenvalue weighted by Crippen LogP contribution is -2.42. The molecule has 0 aliphatic rings. The quantitative estimate of drug-likeness (QED) is 0.0616. The number of ether oxygens (including phenoxy) is 1. The predicted molar refractivity (Wildman–Crippen MR) is 158 cm³/mol. The lowest BCUT2D eigenvalue weighted by Gasteiger charge is -2.33. The number of nitrogens with one attached hydrogen (secondary N) is 3. The number of benzene rings is 3. The topological polar surface area (TPSA) is 116 Å². The Kier molecular flexibility index (Phi) is 8.84. The van der Waals surface area contributed by atoms with Crippen LogP contribution in [-0.4, -0.2) is 46.5 Å². The molecule has 0 bridgehead atoms. The number of carbonyl (C=O) groups excluding carboxylic acids is 2. The molecule has 0 saturated heterocycles. The molecule has 10 heteroatoms. The number of pyridine rings is 1. The minimum Gasteiger partial charge on any atom is -0.497 e. The largest absolute Gasteiger partial charge is 0.497 e. The number of hydrogen-bond acceptors (Lipinski definition) is 8. The van der Waals surface area contributed by atoms with E-state index in [9.17, 15) is 14.7 Å². The van der Waals surface area contributed by atoms with Gasteiger partial charge >= 0.3 is 0 Å². The molecule has 0 aliphatic carbocycles. The lowest BCUT2D eigenvalue weighted by atomic mass is 10.1. The first-order valence-electron chi connectivity index (χ1n) is 12.9. The minimum atomic E-state index is -1.15. The zero-order valence-corrected chi connectivity index (χ0v) is 23.2. The molecule has 0 fully saturated rings. The minimum absolute atomic E-state index is 0.0732. The van der Waals surface area contributed by atoms with Crippen LogP contribution in [0.15, 0.2) is 90.3 Å². The van der Waals surface area contributed by atoms with E-state index in [-0.39, 0.29) is 29.2 Å². The number of carbonyl (C=O) groups is 2. The van der Waals surface area contributed by atoms with Crippen LogP contribution in [0.5, 0.6) is 5.75 Å². The number of nitrogens with zero attached hydrogens (tertiary/aromatic N) is 2. The number of rotatable bonds is 11. The van der Waals surface area contributed by atoms with Crippen molar-refractivity contribution in [3.63, 3.8) is 0 Å². The number of halogens is 1. The number of fused-ring (bicyclic) bond motifs is 1. The summed E-state index contributed by atoms with van der Waals surface area (Å²) in [6, 6.07) is 20.5. The number of allylic oxidation sites excluding steroid dienone is 1. The summed E-state index contributed by atoms with van der Waals surface area (Å²) in [7, 11) is 1.57. The van der Waals surface area contributed by atoms with Gasteiger partial charge in [-0.2, -0.15) is 0 Å². The van der Waals surface area contributed by atoms with Crippen molar-refractivity contribution in [1.29, 1.82) is 0 Å². The van der Waals surface area contributed by atoms with Gasteiger partial charge in [-0.05, 0) is 69.3 Å². The summed E-state index contributed by atoms with van der Waals surface area (Å²) in [5.41, 5.74) is 4.47. The number of methoxy groups -OCH3 is 1. The average Bonchev–Trinajstić information content (AvgIpc) is 2.94. The van der Waals surface area contributed by atoms with Crippen molar-refractivity contribution in [2.45, 2.75) is 26.4 Å². The molecule has 0 aliphatic heterocycles. The Bertz CT molecular complexity index is 1580. The maximum Gasteiger partial charge on any atom is 0.260 e. The van der Waals surface area contributed by atoms with Gasteiger partial charge in [0.05, 0.1) is 36.1 Å². The zero-order valence-electron chi connectivity index (χ0n) is 23.2. The van der Waals surface area contributed by atoms with E-state index in [2.05, 4.69) is 21.0 Å². The maximum absolute atomic E-state index is 15.1. The van der Waals surface area contributed by atoms with Gasteiger partial charge in [0, 0.05) is 34.7 Å². The molecule has 0 spiro atoms. The lowest BCUT2D eigenvalue weighted by molar-refractivity contribution is -0.115. The van der Waals surface area contributed by atoms with Crippen LogP contribution in [-0.2, 0) is 9.59 Å². The summed E-state index contributed by atoms with van der Waals surface area (Å²) in [6.45, 7) is 4.90. The fourth-order valence-electron chi connectivity index (χ4n) is 4.15. The molecular formula is C31H32FN5O4. The highest BCUT2D eigenvalue weighted by Crippen LogP contribution is 2.30. The molecule has 0 radical (unpaired) electrons. The third-order valence-corrected chi connectivity index (χ3v) is 6.19. The second-order valence-electron chi connectivity index (χ2n) is 10.0. The van der Waals surface area contributed by atoms with Crippen LogP contribution in [0.2, 0.25) is 0 Å². The Morgan fingerprint density at radius 2 is 1.80 bits per heavy atom. The molecule has 0 atom stereocenters. The van der Waals surface area contributed by atoms with E-state index in [1.807, 2.05) is 36.4 Å². The maximum atomic E-state index is 15.1. The van der Waals surface area contributed by atoms with Crippen molar-refractivity contribution >= 4 is 45.8 Å². The number of aldehydes is 1. The van der Waals surface area contributed by atoms with Gasteiger partial charge in [0.25, 0.3) is 5.91 Å². The van der Waals surface area contributed by atoms with Crippen molar-refractivity contribution < 1.29 is 23.8 Å². The van der Waals surface area contributed by atoms with Gasteiger partial charge in [-0.1, -0.05) is 18.2 Å². The number of hydrazine groups is 1. The van der Waals surface area contributed by atoms with E-state index in [1.54, 1.807) is 52.3 Å². The van der Waals surface area contributed by atoms with Crippen LogP contribution < -0.4 is 20.8 Å². The van der Waals surface area contributed by atoms with Gasteiger partial charge in [-0.15, -0.1) is 0 Å². The normalized spacial score (nSPS) is 11.9. The molecule has 1 heterocycles. The van der Waals surface area contributed by atoms with Crippen molar-refractivity contribution in [2.24, 2.45) is 0 Å². The molecule has 1 amide bonds. The van der Waals surface area contributed by atoms with Crippen molar-refractivity contribution in [3.05, 3.63) is 96.1 Å². The van der Waals surface area contributed by atoms with Gasteiger partial charge in [0.1, 0.15) is 17.1 Å². The van der Waals surface area contributed by atoms with Gasteiger partial charge in [0.15, 0.2) is 6.29 Å². The number of para-hydroxylation sites is 1. The molecule has 1 aromatic heterocycles. The van der Waals surface area contributed by atoms with Gasteiger partial charge < -0.3 is 20.5 Å². The van der Waals surface area contributed by atoms with Crippen LogP contribution in [0.1, 0.15) is 20.8 Å². The summed E-state index contributed by atoms with van der Waals surface area (Å²) in [5.74, 6) is -0.669. The van der Waals surface area contributed by atoms with Gasteiger partial charge in [-0.25, -0.2) is 4.39 Å². The van der Waals surface area contributed by atoms with Crippen LogP contribution in [0, 0.1) is 5.82 Å². The monoisotopic (exact) mass is 557 g/mol. The molecule has 4 N–H and O–H groups in total. The standard InChI is InChI=1S/C31H32FN5O4/c1-20(37(19-31(2,3)40)36-21-8-6-5-7-9-21)25(18-38)30(39)34-22-10-13-28(26(32)16-22)35-27-14-15-33-29-17-23(41-4)11-12-24(27)29/h5-18,36,40H,19H2,1-4H3,(H,33,35)(H,34,39)/b25-20+. The Balaban J connectivity index is 1.54. The Hall–Kier alpha value is -4.96. The smallest absolute Gasteiger partial charge is 0.260 e. The zero-order chi connectivity index (χ0) is 29.6. The van der Waals surface area contributed by atoms with Gasteiger partial charge in [-0.3, -0.25) is 25.0 Å². The van der Waals surface area contributed by atoms with Crippen LogP contribution >= 0.6 is 0 Å². The molecule has 9 nitrogen and oxygen atoms in total. The Morgan fingerprint density at radius 1 is 1.05 bits per heavy atom. The molecule has 0 saturated carbocycles. The SMILES string of the molecule is COc1ccc2c(Nc3ccc(NC(=O)/C(C=O)=C(\C)N(CC(C)(C)O)Nc4ccccc4)cc3F)ccnc2c1. The summed E-state index contributed by atoms with van der Waals surface area (Å²) in [4.78, 5) is 29.5. The number of aromatic nitrogens is 1. The first-order valence-corrected chi connectivity index (χ1v) is 12.9. The van der Waals surface area contributed by atoms with Crippen molar-refractivity contribution in [3.8, 4) is 5.75 Å². The summed E-state index contributed by atoms with van der Waals surface area (Å²) >= 11 is 0. The van der Waals surface area contributed by atoms with Crippen molar-refractivity contribution in [1.82, 2.24) is 9.99 Å². The fraction of sp³-hybridized carbons (Fsp3) is 0.194. The molecule has 4 aromatic rings. The second kappa shape index (κ2) is 12.5. The highest BCUT2D eigenvalue weighted by atomic mass is 19.1. The summed E-state index contributed by atoms with van der Waals surface area (Å²) in [6.07, 6.45) is 2.05. The molecule has 212 valence electrons. The molecule has 4 rings (SSSR count). The summed E-state index contributed by atoms with van der Waals surface area (Å²) < 4.78 is 20.4. The van der Waals surface area contributed by atoms with Crippen LogP contribution in [0.3, 0.4) is 0 Å². The number of aliphatic hydroxyl groups is 1. The molecule has 3 aromatic carbocycles. The fourth-order valence-corrected chi connectivity index (χ4v) is 4.15. The van der Waals surface area contributed by atoms with E-state index in [0.717, 1.165) is 5.39 Å². The first-order chi connectivity index (χ1) is 19.6. The average molecular weight is 558 g/mol. The number of amides is 1. The van der Waals surface area contributed by atoms with E-state index in [1.165, 1.54) is 23.2 Å². The van der Waals surface area contributed by atoms with E-state index >= 15 is 4.39 Å². The first kappa shape index (κ1) is 29.0. The number of hydrogen-bond donors (Lipinski definition) is 4. The van der Waals surface area contributed by atoms with Crippen LogP contribution in [0.4, 0.5) is 27.1 Å². The molecule has 0 unspecified atom stereocenters. The Morgan fingerprint density at radius 3 is 2.46 bits per heavy atom. The Labute approximate surface area is 237 Å². The van der Waals surface area contributed by atoms with Crippen molar-refractivity contribution in [2.75, 3.05) is 29.7 Å². The van der Waals surface area contributed by atoms with E-state index in [0.29, 0.717) is 28.9 Å². The van der Waals surface area contributed by atoms with E-state index in [4.69, 9.17) is 4.74 Å². The third kappa shape index (κ3) is 7.37. The van der Waals surface area contributed by atoms with E-state index < -0.39 is 17.3 Å². The highest BCUT2D eigenvalue weighted by Gasteiger charge is 2.23. The third-order valence-electron chi connectivity index (χ3n) is 6.19. The summed E-state index contributed by atoms with van der Waals surface area (Å²) in [5, 5.41) is 18.4. The van der Waals surface area contributed by atoms with Gasteiger partial charge in [0.2, 0.25) is 0 Å². The second-order valence-corrected chi connectivity index (χ2v) is 10.0. The molecular weight excluding hydrogens is 525 g/mol. The number of anilines is 4. The predicted octanol–water partition coefficient (Wildman–Crippen LogP) is 5.64. The highest BCUT2D eigenvalue weighted by molar-refractivity contribution is 6.17. The van der Waals surface area contributed by atoms with Crippen LogP contribution in [0.25, 0.3) is 10.9 Å². The molecule has 41 heavy (non-hydrogen) atoms.